The predicted molar refractivity (Wildman–Crippen MR) is 55.8 cm³/mol. The lowest BCUT2D eigenvalue weighted by molar-refractivity contribution is 0.0996. The van der Waals surface area contributed by atoms with Crippen molar-refractivity contribution in [3.8, 4) is 5.75 Å². The molecule has 1 rings (SSSR count). The van der Waals surface area contributed by atoms with E-state index in [0.29, 0.717) is 5.56 Å². The molecule has 1 atom stereocenters. The lowest BCUT2D eigenvalue weighted by atomic mass is 10.1. The minimum atomic E-state index is -0.242. The molecule has 1 aromatic rings. The summed E-state index contributed by atoms with van der Waals surface area (Å²) >= 11 is 8.81. The SMILES string of the molecule is CC(Br)C(=O)c1ccc(O)c(Cl)c1. The van der Waals surface area contributed by atoms with Crippen LogP contribution in [0.25, 0.3) is 0 Å². The highest BCUT2D eigenvalue weighted by atomic mass is 79.9. The zero-order valence-corrected chi connectivity index (χ0v) is 9.26. The number of hydrogen-bond acceptors (Lipinski definition) is 2. The number of rotatable bonds is 2. The molecule has 1 unspecified atom stereocenters. The summed E-state index contributed by atoms with van der Waals surface area (Å²) in [6, 6.07) is 4.41. The summed E-state index contributed by atoms with van der Waals surface area (Å²) in [6.45, 7) is 1.74. The van der Waals surface area contributed by atoms with Gasteiger partial charge in [0.2, 0.25) is 0 Å². The van der Waals surface area contributed by atoms with Crippen LogP contribution in [0.3, 0.4) is 0 Å². The number of phenols is 1. The number of carbonyl (C=O) groups is 1. The highest BCUT2D eigenvalue weighted by molar-refractivity contribution is 9.10. The third kappa shape index (κ3) is 2.45. The van der Waals surface area contributed by atoms with Crippen molar-refractivity contribution < 1.29 is 9.90 Å². The van der Waals surface area contributed by atoms with Crippen LogP contribution in [0.2, 0.25) is 5.02 Å². The molecule has 0 amide bonds. The van der Waals surface area contributed by atoms with Crippen molar-refractivity contribution in [2.24, 2.45) is 0 Å². The Bertz CT molecular complexity index is 336. The van der Waals surface area contributed by atoms with Gasteiger partial charge in [-0.15, -0.1) is 0 Å². The smallest absolute Gasteiger partial charge is 0.176 e. The summed E-state index contributed by atoms with van der Waals surface area (Å²) in [5.41, 5.74) is 0.493. The summed E-state index contributed by atoms with van der Waals surface area (Å²) in [7, 11) is 0. The largest absolute Gasteiger partial charge is 0.506 e. The highest BCUT2D eigenvalue weighted by Gasteiger charge is 2.12. The van der Waals surface area contributed by atoms with E-state index >= 15 is 0 Å². The molecule has 2 nitrogen and oxygen atoms in total. The number of ketones is 1. The van der Waals surface area contributed by atoms with Crippen LogP contribution in [-0.4, -0.2) is 15.7 Å². The molecule has 0 heterocycles. The lowest BCUT2D eigenvalue weighted by Gasteiger charge is -2.03. The normalized spacial score (nSPS) is 12.5. The first-order chi connectivity index (χ1) is 6.02. The lowest BCUT2D eigenvalue weighted by Crippen LogP contribution is -2.09. The Balaban J connectivity index is 3.04. The van der Waals surface area contributed by atoms with E-state index in [0.717, 1.165) is 0 Å². The minimum absolute atomic E-state index is 0.0135. The average Bonchev–Trinajstić information content (AvgIpc) is 2.08. The fourth-order valence-corrected chi connectivity index (χ4v) is 1.33. The monoisotopic (exact) mass is 262 g/mol. The van der Waals surface area contributed by atoms with Crippen molar-refractivity contribution in [2.75, 3.05) is 0 Å². The second kappa shape index (κ2) is 4.11. The quantitative estimate of drug-likeness (QED) is 0.658. The summed E-state index contributed by atoms with van der Waals surface area (Å²) < 4.78 is 0. The van der Waals surface area contributed by atoms with Crippen LogP contribution in [0, 0.1) is 0 Å². The van der Waals surface area contributed by atoms with E-state index in [2.05, 4.69) is 15.9 Å². The Hall–Kier alpha value is -0.540. The average molecular weight is 264 g/mol. The number of aromatic hydroxyl groups is 1. The molecule has 0 saturated heterocycles. The zero-order valence-electron chi connectivity index (χ0n) is 6.92. The third-order valence-corrected chi connectivity index (χ3v) is 2.31. The number of benzene rings is 1. The van der Waals surface area contributed by atoms with Gasteiger partial charge in [0.25, 0.3) is 0 Å². The predicted octanol–water partition coefficient (Wildman–Crippen LogP) is 3.01. The van der Waals surface area contributed by atoms with Crippen LogP contribution in [0.15, 0.2) is 18.2 Å². The van der Waals surface area contributed by atoms with Gasteiger partial charge < -0.3 is 5.11 Å². The number of Topliss-reactive ketones (excluding diaryl/α,β-unsaturated/α-hetero) is 1. The molecule has 0 aliphatic carbocycles. The third-order valence-electron chi connectivity index (χ3n) is 1.59. The van der Waals surface area contributed by atoms with Crippen molar-refractivity contribution in [1.82, 2.24) is 0 Å². The summed E-state index contributed by atoms with van der Waals surface area (Å²) in [5.74, 6) is -0.0673. The molecule has 0 fully saturated rings. The van der Waals surface area contributed by atoms with Crippen LogP contribution in [-0.2, 0) is 0 Å². The molecule has 0 saturated carbocycles. The van der Waals surface area contributed by atoms with E-state index in [4.69, 9.17) is 16.7 Å². The summed E-state index contributed by atoms with van der Waals surface area (Å²) in [4.78, 5) is 11.2. The zero-order chi connectivity index (χ0) is 10.0. The molecular formula is C9H8BrClO2. The van der Waals surface area contributed by atoms with Crippen molar-refractivity contribution >= 4 is 33.3 Å². The van der Waals surface area contributed by atoms with Gasteiger partial charge in [-0.05, 0) is 25.1 Å². The van der Waals surface area contributed by atoms with E-state index in [1.54, 1.807) is 13.0 Å². The second-order valence-corrected chi connectivity index (χ2v) is 4.43. The summed E-state index contributed by atoms with van der Waals surface area (Å²) in [6.07, 6.45) is 0. The van der Waals surface area contributed by atoms with Gasteiger partial charge in [-0.2, -0.15) is 0 Å². The van der Waals surface area contributed by atoms with Crippen molar-refractivity contribution in [3.63, 3.8) is 0 Å². The highest BCUT2D eigenvalue weighted by Crippen LogP contribution is 2.24. The standard InChI is InChI=1S/C9H8BrClO2/c1-5(10)9(13)6-2-3-8(12)7(11)4-6/h2-5,12H,1H3. The van der Waals surface area contributed by atoms with Gasteiger partial charge in [-0.3, -0.25) is 4.79 Å². The molecule has 1 N–H and O–H groups in total. The molecule has 4 heteroatoms. The van der Waals surface area contributed by atoms with E-state index in [-0.39, 0.29) is 21.4 Å². The second-order valence-electron chi connectivity index (χ2n) is 2.65. The molecule has 13 heavy (non-hydrogen) atoms. The van der Waals surface area contributed by atoms with Gasteiger partial charge in [-0.1, -0.05) is 27.5 Å². The van der Waals surface area contributed by atoms with Crippen LogP contribution in [0.5, 0.6) is 5.75 Å². The molecule has 70 valence electrons. The number of alkyl halides is 1. The first kappa shape index (κ1) is 10.5. The van der Waals surface area contributed by atoms with Crippen LogP contribution < -0.4 is 0 Å². The van der Waals surface area contributed by atoms with Gasteiger partial charge in [0, 0.05) is 5.56 Å². The Kier molecular flexibility index (Phi) is 3.33. The fourth-order valence-electron chi connectivity index (χ4n) is 0.890. The first-order valence-corrected chi connectivity index (χ1v) is 4.98. The first-order valence-electron chi connectivity index (χ1n) is 3.69. The van der Waals surface area contributed by atoms with E-state index in [9.17, 15) is 4.79 Å². The van der Waals surface area contributed by atoms with Crippen LogP contribution >= 0.6 is 27.5 Å². The Morgan fingerprint density at radius 1 is 1.62 bits per heavy atom. The number of carbonyl (C=O) groups excluding carboxylic acids is 1. The molecule has 0 aliphatic rings. The van der Waals surface area contributed by atoms with Crippen LogP contribution in [0.4, 0.5) is 0 Å². The molecule has 0 aromatic heterocycles. The Morgan fingerprint density at radius 3 is 2.69 bits per heavy atom. The maximum Gasteiger partial charge on any atom is 0.176 e. The molecule has 0 spiro atoms. The molecular weight excluding hydrogens is 255 g/mol. The molecule has 0 aliphatic heterocycles. The number of halogens is 2. The number of hydrogen-bond donors (Lipinski definition) is 1. The van der Waals surface area contributed by atoms with Crippen LogP contribution in [0.1, 0.15) is 17.3 Å². The van der Waals surface area contributed by atoms with Crippen molar-refractivity contribution in [1.29, 1.82) is 0 Å². The van der Waals surface area contributed by atoms with E-state index in [1.165, 1.54) is 12.1 Å². The molecule has 1 aromatic carbocycles. The van der Waals surface area contributed by atoms with Crippen molar-refractivity contribution in [2.45, 2.75) is 11.8 Å². The number of phenolic OH excluding ortho intramolecular Hbond substituents is 1. The maximum absolute atomic E-state index is 11.4. The van der Waals surface area contributed by atoms with Gasteiger partial charge in [0.1, 0.15) is 5.75 Å². The topological polar surface area (TPSA) is 37.3 Å². The Labute approximate surface area is 89.7 Å². The van der Waals surface area contributed by atoms with E-state index in [1.807, 2.05) is 0 Å². The summed E-state index contributed by atoms with van der Waals surface area (Å²) in [5, 5.41) is 9.30. The Morgan fingerprint density at radius 2 is 2.23 bits per heavy atom. The minimum Gasteiger partial charge on any atom is -0.506 e. The van der Waals surface area contributed by atoms with Gasteiger partial charge in [0.05, 0.1) is 9.85 Å². The van der Waals surface area contributed by atoms with E-state index < -0.39 is 0 Å². The van der Waals surface area contributed by atoms with Crippen molar-refractivity contribution in [3.05, 3.63) is 28.8 Å². The fraction of sp³-hybridized carbons (Fsp3) is 0.222. The van der Waals surface area contributed by atoms with Gasteiger partial charge in [0.15, 0.2) is 5.78 Å². The molecule has 0 radical (unpaired) electrons. The van der Waals surface area contributed by atoms with Gasteiger partial charge in [-0.25, -0.2) is 0 Å². The molecule has 0 bridgehead atoms. The van der Waals surface area contributed by atoms with Gasteiger partial charge >= 0.3 is 0 Å². The maximum atomic E-state index is 11.4.